The first-order chi connectivity index (χ1) is 14.8. The smallest absolute Gasteiger partial charge is 0.321 e. The van der Waals surface area contributed by atoms with E-state index in [1.807, 2.05) is 6.07 Å². The molecule has 0 bridgehead atoms. The van der Waals surface area contributed by atoms with Crippen molar-refractivity contribution in [2.24, 2.45) is 5.41 Å². The Bertz CT molecular complexity index is 1010. The SMILES string of the molecule is COC(=O)C(Cc1ccccc1)(CN1C(=O)c2ccccc2C1=O)C(=O)C=CN(C)C. The van der Waals surface area contributed by atoms with E-state index in [1.54, 1.807) is 67.5 Å². The van der Waals surface area contributed by atoms with Gasteiger partial charge in [0.2, 0.25) is 0 Å². The van der Waals surface area contributed by atoms with E-state index in [0.29, 0.717) is 5.56 Å². The minimum Gasteiger partial charge on any atom is -0.468 e. The number of carbonyl (C=O) groups is 4. The highest BCUT2D eigenvalue weighted by atomic mass is 16.5. The second-order valence-electron chi connectivity index (χ2n) is 7.62. The topological polar surface area (TPSA) is 84.0 Å². The molecule has 0 radical (unpaired) electrons. The van der Waals surface area contributed by atoms with Crippen molar-refractivity contribution in [2.45, 2.75) is 6.42 Å². The van der Waals surface area contributed by atoms with Crippen LogP contribution in [0.1, 0.15) is 26.3 Å². The van der Waals surface area contributed by atoms with Gasteiger partial charge in [0, 0.05) is 20.3 Å². The van der Waals surface area contributed by atoms with E-state index < -0.39 is 35.5 Å². The maximum atomic E-state index is 13.4. The molecule has 1 aliphatic heterocycles. The van der Waals surface area contributed by atoms with Gasteiger partial charge in [0.15, 0.2) is 11.2 Å². The predicted octanol–water partition coefficient (Wildman–Crippen LogP) is 2.33. The number of ether oxygens (including phenoxy) is 1. The Morgan fingerprint density at radius 1 is 0.968 bits per heavy atom. The van der Waals surface area contributed by atoms with E-state index in [4.69, 9.17) is 4.74 Å². The van der Waals surface area contributed by atoms with Gasteiger partial charge in [-0.2, -0.15) is 0 Å². The third kappa shape index (κ3) is 4.26. The fourth-order valence-electron chi connectivity index (χ4n) is 3.63. The molecule has 0 aliphatic carbocycles. The van der Waals surface area contributed by atoms with Crippen LogP contribution in [0.3, 0.4) is 0 Å². The van der Waals surface area contributed by atoms with Crippen molar-refractivity contribution in [1.82, 2.24) is 9.80 Å². The van der Waals surface area contributed by atoms with Gasteiger partial charge >= 0.3 is 5.97 Å². The number of fused-ring (bicyclic) bond motifs is 1. The van der Waals surface area contributed by atoms with Gasteiger partial charge in [-0.25, -0.2) is 0 Å². The fourth-order valence-corrected chi connectivity index (χ4v) is 3.63. The molecule has 1 unspecified atom stereocenters. The number of benzene rings is 2. The number of hydrogen-bond acceptors (Lipinski definition) is 6. The molecule has 2 amide bonds. The van der Waals surface area contributed by atoms with Crippen LogP contribution in [0.2, 0.25) is 0 Å². The highest BCUT2D eigenvalue weighted by Crippen LogP contribution is 2.32. The normalized spacial score (nSPS) is 15.0. The maximum Gasteiger partial charge on any atom is 0.321 e. The van der Waals surface area contributed by atoms with Gasteiger partial charge in [-0.05, 0) is 30.2 Å². The average Bonchev–Trinajstić information content (AvgIpc) is 3.01. The van der Waals surface area contributed by atoms with E-state index in [-0.39, 0.29) is 17.5 Å². The Kier molecular flexibility index (Phi) is 6.34. The van der Waals surface area contributed by atoms with Crippen LogP contribution in [0, 0.1) is 5.41 Å². The number of amides is 2. The minimum absolute atomic E-state index is 0.0233. The zero-order valence-corrected chi connectivity index (χ0v) is 17.7. The number of esters is 1. The summed E-state index contributed by atoms with van der Waals surface area (Å²) in [6.45, 7) is -0.419. The number of imide groups is 1. The van der Waals surface area contributed by atoms with Crippen molar-refractivity contribution in [2.75, 3.05) is 27.7 Å². The molecule has 0 fully saturated rings. The minimum atomic E-state index is -1.78. The summed E-state index contributed by atoms with van der Waals surface area (Å²) in [6, 6.07) is 15.4. The average molecular weight is 420 g/mol. The number of hydrogen-bond donors (Lipinski definition) is 0. The quantitative estimate of drug-likeness (QED) is 0.282. The third-order valence-electron chi connectivity index (χ3n) is 5.23. The second-order valence-corrected chi connectivity index (χ2v) is 7.62. The van der Waals surface area contributed by atoms with Crippen LogP contribution in [0.25, 0.3) is 0 Å². The Hall–Kier alpha value is -3.74. The van der Waals surface area contributed by atoms with Gasteiger partial charge in [0.25, 0.3) is 11.8 Å². The van der Waals surface area contributed by atoms with E-state index in [9.17, 15) is 19.2 Å². The molecular formula is C24H24N2O5. The van der Waals surface area contributed by atoms with Gasteiger partial charge in [0.1, 0.15) is 0 Å². The Morgan fingerprint density at radius 2 is 1.52 bits per heavy atom. The van der Waals surface area contributed by atoms with Crippen LogP contribution in [-0.4, -0.2) is 61.1 Å². The van der Waals surface area contributed by atoms with E-state index in [1.165, 1.54) is 19.4 Å². The summed E-state index contributed by atoms with van der Waals surface area (Å²) in [4.78, 5) is 55.0. The molecule has 0 aromatic heterocycles. The summed E-state index contributed by atoms with van der Waals surface area (Å²) in [5.74, 6) is -2.42. The lowest BCUT2D eigenvalue weighted by Crippen LogP contribution is -2.51. The van der Waals surface area contributed by atoms with Crippen molar-refractivity contribution in [3.63, 3.8) is 0 Å². The van der Waals surface area contributed by atoms with Crippen LogP contribution < -0.4 is 0 Å². The summed E-state index contributed by atoms with van der Waals surface area (Å²) in [5, 5.41) is 0. The molecule has 31 heavy (non-hydrogen) atoms. The summed E-state index contributed by atoms with van der Waals surface area (Å²) in [7, 11) is 4.67. The number of ketones is 1. The van der Waals surface area contributed by atoms with E-state index in [0.717, 1.165) is 4.90 Å². The van der Waals surface area contributed by atoms with Gasteiger partial charge < -0.3 is 9.64 Å². The van der Waals surface area contributed by atoms with Gasteiger partial charge in [-0.15, -0.1) is 0 Å². The second kappa shape index (κ2) is 8.95. The number of nitrogens with zero attached hydrogens (tertiary/aromatic N) is 2. The van der Waals surface area contributed by atoms with Gasteiger partial charge in [-0.1, -0.05) is 42.5 Å². The molecule has 0 saturated carbocycles. The van der Waals surface area contributed by atoms with Crippen molar-refractivity contribution in [3.8, 4) is 0 Å². The maximum absolute atomic E-state index is 13.4. The first-order valence-electron chi connectivity index (χ1n) is 9.77. The van der Waals surface area contributed by atoms with Crippen molar-refractivity contribution >= 4 is 23.6 Å². The number of carbonyl (C=O) groups excluding carboxylic acids is 4. The van der Waals surface area contributed by atoms with Crippen molar-refractivity contribution < 1.29 is 23.9 Å². The monoisotopic (exact) mass is 420 g/mol. The molecule has 2 aromatic rings. The lowest BCUT2D eigenvalue weighted by molar-refractivity contribution is -0.157. The molecule has 0 N–H and O–H groups in total. The largest absolute Gasteiger partial charge is 0.468 e. The molecule has 3 rings (SSSR count). The van der Waals surface area contributed by atoms with E-state index in [2.05, 4.69) is 0 Å². The first kappa shape index (κ1) is 22.0. The lowest BCUT2D eigenvalue weighted by Gasteiger charge is -2.32. The molecule has 0 saturated heterocycles. The zero-order valence-electron chi connectivity index (χ0n) is 17.7. The molecule has 7 nitrogen and oxygen atoms in total. The van der Waals surface area contributed by atoms with Crippen LogP contribution in [-0.2, 0) is 20.7 Å². The molecule has 1 atom stereocenters. The van der Waals surface area contributed by atoms with Gasteiger partial charge in [-0.3, -0.25) is 24.1 Å². The molecule has 7 heteroatoms. The van der Waals surface area contributed by atoms with Crippen LogP contribution in [0.5, 0.6) is 0 Å². The third-order valence-corrected chi connectivity index (χ3v) is 5.23. The highest BCUT2D eigenvalue weighted by molar-refractivity contribution is 6.22. The van der Waals surface area contributed by atoms with Crippen LogP contribution in [0.4, 0.5) is 0 Å². The van der Waals surface area contributed by atoms with Crippen LogP contribution in [0.15, 0.2) is 66.9 Å². The lowest BCUT2D eigenvalue weighted by atomic mass is 9.76. The molecule has 0 spiro atoms. The predicted molar refractivity (Wildman–Crippen MR) is 114 cm³/mol. The fraction of sp³-hybridized carbons (Fsp3) is 0.250. The summed E-state index contributed by atoms with van der Waals surface area (Å²) >= 11 is 0. The summed E-state index contributed by atoms with van der Waals surface area (Å²) in [5.41, 5.74) is -0.573. The standard InChI is InChI=1S/C24H24N2O5/c1-25(2)14-13-20(27)24(23(30)31-3,15-17-9-5-4-6-10-17)16-26-21(28)18-11-7-8-12-19(18)22(26)29/h4-14H,15-16H2,1-3H3. The molecular weight excluding hydrogens is 396 g/mol. The number of methoxy groups -OCH3 is 1. The Morgan fingerprint density at radius 3 is 2.03 bits per heavy atom. The first-order valence-corrected chi connectivity index (χ1v) is 9.77. The highest BCUT2D eigenvalue weighted by Gasteiger charge is 2.51. The Balaban J connectivity index is 2.08. The number of rotatable bonds is 8. The van der Waals surface area contributed by atoms with Gasteiger partial charge in [0.05, 0.1) is 24.8 Å². The molecule has 2 aromatic carbocycles. The molecule has 1 heterocycles. The summed E-state index contributed by atoms with van der Waals surface area (Å²) < 4.78 is 5.02. The molecule has 160 valence electrons. The van der Waals surface area contributed by atoms with Crippen molar-refractivity contribution in [1.29, 1.82) is 0 Å². The van der Waals surface area contributed by atoms with Crippen molar-refractivity contribution in [3.05, 3.63) is 83.6 Å². The molecule has 1 aliphatic rings. The summed E-state index contributed by atoms with van der Waals surface area (Å²) in [6.07, 6.45) is 2.77. The number of allylic oxidation sites excluding steroid dienone is 1. The Labute approximate surface area is 180 Å². The van der Waals surface area contributed by atoms with Crippen LogP contribution >= 0.6 is 0 Å². The van der Waals surface area contributed by atoms with E-state index >= 15 is 0 Å². The zero-order chi connectivity index (χ0) is 22.6.